The van der Waals surface area contributed by atoms with Crippen molar-refractivity contribution in [2.45, 2.75) is 26.2 Å². The highest BCUT2D eigenvalue weighted by Crippen LogP contribution is 2.17. The molecule has 1 aliphatic heterocycles. The molecule has 1 aromatic rings. The summed E-state index contributed by atoms with van der Waals surface area (Å²) in [6, 6.07) is 7.64. The highest BCUT2D eigenvalue weighted by Gasteiger charge is 2.14. The SMILES string of the molecule is CC1CCN(CCCOc2cccc(N)c2)CC1. The molecule has 0 aromatic heterocycles. The number of hydrogen-bond donors (Lipinski definition) is 1. The Hall–Kier alpha value is -1.22. The average molecular weight is 248 g/mol. The molecule has 2 rings (SSSR count). The summed E-state index contributed by atoms with van der Waals surface area (Å²) in [6.07, 6.45) is 3.77. The first kappa shape index (κ1) is 13.2. The summed E-state index contributed by atoms with van der Waals surface area (Å²) in [4.78, 5) is 2.54. The minimum Gasteiger partial charge on any atom is -0.493 e. The third-order valence-corrected chi connectivity index (χ3v) is 3.62. The predicted molar refractivity (Wildman–Crippen MR) is 75.8 cm³/mol. The summed E-state index contributed by atoms with van der Waals surface area (Å²) in [5, 5.41) is 0. The van der Waals surface area contributed by atoms with Gasteiger partial charge in [0, 0.05) is 18.3 Å². The van der Waals surface area contributed by atoms with E-state index in [2.05, 4.69) is 11.8 Å². The lowest BCUT2D eigenvalue weighted by molar-refractivity contribution is 0.177. The number of nitrogens with two attached hydrogens (primary N) is 1. The normalized spacial score (nSPS) is 17.8. The van der Waals surface area contributed by atoms with Crippen molar-refractivity contribution < 1.29 is 4.74 Å². The molecule has 3 heteroatoms. The maximum Gasteiger partial charge on any atom is 0.121 e. The van der Waals surface area contributed by atoms with Crippen LogP contribution in [-0.4, -0.2) is 31.1 Å². The van der Waals surface area contributed by atoms with Crippen LogP contribution in [0.2, 0.25) is 0 Å². The van der Waals surface area contributed by atoms with Gasteiger partial charge < -0.3 is 15.4 Å². The Balaban J connectivity index is 1.61. The average Bonchev–Trinajstić information content (AvgIpc) is 2.37. The summed E-state index contributed by atoms with van der Waals surface area (Å²) >= 11 is 0. The Kier molecular flexibility index (Phi) is 4.88. The molecule has 0 unspecified atom stereocenters. The van der Waals surface area contributed by atoms with Gasteiger partial charge in [-0.3, -0.25) is 0 Å². The molecule has 1 heterocycles. The van der Waals surface area contributed by atoms with Crippen LogP contribution in [0.4, 0.5) is 5.69 Å². The molecule has 0 amide bonds. The van der Waals surface area contributed by atoms with Gasteiger partial charge in [0.25, 0.3) is 0 Å². The van der Waals surface area contributed by atoms with Crippen LogP contribution in [0.5, 0.6) is 5.75 Å². The van der Waals surface area contributed by atoms with Gasteiger partial charge in [-0.25, -0.2) is 0 Å². The number of piperidine rings is 1. The predicted octanol–water partition coefficient (Wildman–Crippen LogP) is 2.77. The fourth-order valence-corrected chi connectivity index (χ4v) is 2.37. The highest BCUT2D eigenvalue weighted by molar-refractivity contribution is 5.43. The minimum atomic E-state index is 0.762. The van der Waals surface area contributed by atoms with Gasteiger partial charge in [0.15, 0.2) is 0 Å². The molecule has 100 valence electrons. The van der Waals surface area contributed by atoms with Gasteiger partial charge in [0.2, 0.25) is 0 Å². The van der Waals surface area contributed by atoms with Crippen LogP contribution >= 0.6 is 0 Å². The van der Waals surface area contributed by atoms with Crippen LogP contribution in [0.3, 0.4) is 0 Å². The molecule has 0 atom stereocenters. The zero-order valence-corrected chi connectivity index (χ0v) is 11.3. The van der Waals surface area contributed by atoms with E-state index >= 15 is 0 Å². The molecule has 3 nitrogen and oxygen atoms in total. The van der Waals surface area contributed by atoms with E-state index in [1.165, 1.54) is 25.9 Å². The molecular formula is C15H24N2O. The van der Waals surface area contributed by atoms with E-state index < -0.39 is 0 Å². The highest BCUT2D eigenvalue weighted by atomic mass is 16.5. The first-order chi connectivity index (χ1) is 8.74. The van der Waals surface area contributed by atoms with Crippen molar-refractivity contribution in [3.8, 4) is 5.75 Å². The van der Waals surface area contributed by atoms with Gasteiger partial charge in [0.05, 0.1) is 6.61 Å². The van der Waals surface area contributed by atoms with Crippen LogP contribution in [0.15, 0.2) is 24.3 Å². The van der Waals surface area contributed by atoms with E-state index in [1.807, 2.05) is 24.3 Å². The number of benzene rings is 1. The zero-order valence-electron chi connectivity index (χ0n) is 11.3. The second kappa shape index (κ2) is 6.64. The lowest BCUT2D eigenvalue weighted by Crippen LogP contribution is -2.34. The third kappa shape index (κ3) is 4.22. The number of nitrogens with zero attached hydrogens (tertiary/aromatic N) is 1. The van der Waals surface area contributed by atoms with Crippen molar-refractivity contribution in [3.05, 3.63) is 24.3 Å². The standard InChI is InChI=1S/C15H24N2O/c1-13-6-9-17(10-7-13)8-3-11-18-15-5-2-4-14(16)12-15/h2,4-5,12-13H,3,6-11,16H2,1H3. The largest absolute Gasteiger partial charge is 0.493 e. The van der Waals surface area contributed by atoms with E-state index in [0.717, 1.165) is 36.9 Å². The fourth-order valence-electron chi connectivity index (χ4n) is 2.37. The summed E-state index contributed by atoms with van der Waals surface area (Å²) in [5.41, 5.74) is 6.47. The first-order valence-electron chi connectivity index (χ1n) is 6.95. The number of likely N-dealkylation sites (tertiary alicyclic amines) is 1. The van der Waals surface area contributed by atoms with Gasteiger partial charge in [-0.15, -0.1) is 0 Å². The lowest BCUT2D eigenvalue weighted by atomic mass is 9.99. The molecule has 2 N–H and O–H groups in total. The Labute approximate surface area is 110 Å². The van der Waals surface area contributed by atoms with Gasteiger partial charge in [-0.05, 0) is 50.4 Å². The molecule has 1 saturated heterocycles. The van der Waals surface area contributed by atoms with E-state index in [9.17, 15) is 0 Å². The van der Waals surface area contributed by atoms with Crippen molar-refractivity contribution in [3.63, 3.8) is 0 Å². The lowest BCUT2D eigenvalue weighted by Gasteiger charge is -2.30. The Morgan fingerprint density at radius 3 is 2.83 bits per heavy atom. The summed E-state index contributed by atoms with van der Waals surface area (Å²) in [7, 11) is 0. The van der Waals surface area contributed by atoms with Gasteiger partial charge in [0.1, 0.15) is 5.75 Å². The van der Waals surface area contributed by atoms with E-state index in [4.69, 9.17) is 10.5 Å². The first-order valence-corrected chi connectivity index (χ1v) is 6.95. The van der Waals surface area contributed by atoms with Crippen molar-refractivity contribution >= 4 is 5.69 Å². The number of nitrogen functional groups attached to an aromatic ring is 1. The quantitative estimate of drug-likeness (QED) is 0.643. The fraction of sp³-hybridized carbons (Fsp3) is 0.600. The third-order valence-electron chi connectivity index (χ3n) is 3.62. The molecule has 0 spiro atoms. The Morgan fingerprint density at radius 2 is 2.11 bits per heavy atom. The number of hydrogen-bond acceptors (Lipinski definition) is 3. The molecule has 0 radical (unpaired) electrons. The van der Waals surface area contributed by atoms with Crippen LogP contribution in [0.1, 0.15) is 26.2 Å². The molecule has 1 aliphatic rings. The van der Waals surface area contributed by atoms with Crippen LogP contribution in [0, 0.1) is 5.92 Å². The molecule has 0 bridgehead atoms. The van der Waals surface area contributed by atoms with Crippen LogP contribution < -0.4 is 10.5 Å². The second-order valence-electron chi connectivity index (χ2n) is 5.30. The van der Waals surface area contributed by atoms with Crippen molar-refractivity contribution in [1.29, 1.82) is 0 Å². The number of anilines is 1. The summed E-state index contributed by atoms with van der Waals surface area (Å²) in [5.74, 6) is 1.78. The molecule has 0 saturated carbocycles. The van der Waals surface area contributed by atoms with Crippen molar-refractivity contribution in [1.82, 2.24) is 4.90 Å². The second-order valence-corrected chi connectivity index (χ2v) is 5.30. The summed E-state index contributed by atoms with van der Waals surface area (Å²) < 4.78 is 5.69. The van der Waals surface area contributed by atoms with Gasteiger partial charge >= 0.3 is 0 Å². The van der Waals surface area contributed by atoms with Crippen molar-refractivity contribution in [2.24, 2.45) is 5.92 Å². The monoisotopic (exact) mass is 248 g/mol. The van der Waals surface area contributed by atoms with Crippen molar-refractivity contribution in [2.75, 3.05) is 32.0 Å². The molecule has 1 fully saturated rings. The van der Waals surface area contributed by atoms with E-state index in [1.54, 1.807) is 0 Å². The smallest absolute Gasteiger partial charge is 0.121 e. The summed E-state index contributed by atoms with van der Waals surface area (Å²) in [6.45, 7) is 6.77. The number of ether oxygens (including phenoxy) is 1. The minimum absolute atomic E-state index is 0.762. The molecule has 1 aromatic carbocycles. The zero-order chi connectivity index (χ0) is 12.8. The Morgan fingerprint density at radius 1 is 1.33 bits per heavy atom. The van der Waals surface area contributed by atoms with Crippen LogP contribution in [-0.2, 0) is 0 Å². The Bertz CT molecular complexity index is 359. The number of rotatable bonds is 5. The topological polar surface area (TPSA) is 38.5 Å². The van der Waals surface area contributed by atoms with E-state index in [0.29, 0.717) is 0 Å². The van der Waals surface area contributed by atoms with Gasteiger partial charge in [-0.2, -0.15) is 0 Å². The van der Waals surface area contributed by atoms with E-state index in [-0.39, 0.29) is 0 Å². The van der Waals surface area contributed by atoms with Crippen LogP contribution in [0.25, 0.3) is 0 Å². The molecule has 0 aliphatic carbocycles. The maximum atomic E-state index is 5.70. The maximum absolute atomic E-state index is 5.70. The van der Waals surface area contributed by atoms with Gasteiger partial charge in [-0.1, -0.05) is 13.0 Å². The molecular weight excluding hydrogens is 224 g/mol. The molecule has 18 heavy (non-hydrogen) atoms.